The molecule has 0 spiro atoms. The van der Waals surface area contributed by atoms with E-state index in [1.54, 1.807) is 0 Å². The average Bonchev–Trinajstić information content (AvgIpc) is 3.00. The number of hydrogen-bond donors (Lipinski definition) is 0. The second-order valence-corrected chi connectivity index (χ2v) is 9.95. The number of amides is 2. The minimum atomic E-state index is -0.350. The third-order valence-electron chi connectivity index (χ3n) is 6.04. The molecule has 1 saturated heterocycles. The molecule has 0 aromatic carbocycles. The molecule has 4 heteroatoms. The average molecular weight is 351 g/mol. The molecule has 1 saturated carbocycles. The first kappa shape index (κ1) is 20.3. The first-order valence-corrected chi connectivity index (χ1v) is 10.1. The van der Waals surface area contributed by atoms with Crippen molar-refractivity contribution in [2.24, 2.45) is 16.7 Å². The molecule has 1 atom stereocenters. The maximum atomic E-state index is 13.1. The van der Waals surface area contributed by atoms with E-state index in [2.05, 4.69) is 13.8 Å². The quantitative estimate of drug-likeness (QED) is 0.766. The summed E-state index contributed by atoms with van der Waals surface area (Å²) in [5.74, 6) is 0.948. The summed E-state index contributed by atoms with van der Waals surface area (Å²) in [5.41, 5.74) is -0.668. The topological polar surface area (TPSA) is 40.6 Å². The minimum absolute atomic E-state index is 0.235. The van der Waals surface area contributed by atoms with Crippen LogP contribution in [0.3, 0.4) is 0 Å². The van der Waals surface area contributed by atoms with Crippen LogP contribution in [-0.4, -0.2) is 47.8 Å². The Bertz CT molecular complexity index is 487. The Labute approximate surface area is 154 Å². The molecular weight excluding hydrogens is 312 g/mol. The van der Waals surface area contributed by atoms with Crippen molar-refractivity contribution in [2.45, 2.75) is 85.6 Å². The Morgan fingerprint density at radius 3 is 2.16 bits per heavy atom. The summed E-state index contributed by atoms with van der Waals surface area (Å²) < 4.78 is 0. The van der Waals surface area contributed by atoms with Crippen LogP contribution < -0.4 is 0 Å². The fraction of sp³-hybridized carbons (Fsp3) is 0.905. The van der Waals surface area contributed by atoms with Crippen molar-refractivity contribution in [3.05, 3.63) is 0 Å². The van der Waals surface area contributed by atoms with E-state index in [0.29, 0.717) is 12.0 Å². The first-order chi connectivity index (χ1) is 11.5. The molecular formula is C21H38N2O2. The van der Waals surface area contributed by atoms with E-state index in [0.717, 1.165) is 38.8 Å². The van der Waals surface area contributed by atoms with Crippen LogP contribution in [-0.2, 0) is 9.59 Å². The number of nitrogens with zero attached hydrogens (tertiary/aromatic N) is 2. The summed E-state index contributed by atoms with van der Waals surface area (Å²) >= 11 is 0. The maximum Gasteiger partial charge on any atom is 0.228 e. The van der Waals surface area contributed by atoms with Gasteiger partial charge in [-0.15, -0.1) is 0 Å². The number of rotatable bonds is 4. The van der Waals surface area contributed by atoms with Gasteiger partial charge >= 0.3 is 0 Å². The van der Waals surface area contributed by atoms with Crippen LogP contribution in [0.1, 0.15) is 79.6 Å². The monoisotopic (exact) mass is 350 g/mol. The normalized spacial score (nSPS) is 23.0. The van der Waals surface area contributed by atoms with E-state index in [-0.39, 0.29) is 22.6 Å². The van der Waals surface area contributed by atoms with Crippen molar-refractivity contribution >= 4 is 11.8 Å². The highest BCUT2D eigenvalue weighted by atomic mass is 16.2. The molecule has 0 aromatic rings. The molecule has 0 N–H and O–H groups in total. The molecule has 2 aliphatic rings. The van der Waals surface area contributed by atoms with E-state index in [4.69, 9.17) is 0 Å². The number of carbonyl (C=O) groups excluding carboxylic acids is 2. The van der Waals surface area contributed by atoms with E-state index in [1.165, 1.54) is 19.3 Å². The molecule has 2 amide bonds. The largest absolute Gasteiger partial charge is 0.342 e. The molecule has 4 nitrogen and oxygen atoms in total. The van der Waals surface area contributed by atoms with Gasteiger partial charge in [0.25, 0.3) is 0 Å². The van der Waals surface area contributed by atoms with Gasteiger partial charge in [-0.05, 0) is 31.6 Å². The van der Waals surface area contributed by atoms with E-state index in [1.807, 2.05) is 37.6 Å². The summed E-state index contributed by atoms with van der Waals surface area (Å²) in [5, 5.41) is 0. The van der Waals surface area contributed by atoms with Crippen molar-refractivity contribution in [3.8, 4) is 0 Å². The predicted molar refractivity (Wildman–Crippen MR) is 102 cm³/mol. The minimum Gasteiger partial charge on any atom is -0.342 e. The van der Waals surface area contributed by atoms with Gasteiger partial charge in [-0.2, -0.15) is 0 Å². The first-order valence-electron chi connectivity index (χ1n) is 10.1. The Balaban J connectivity index is 1.92. The van der Waals surface area contributed by atoms with E-state index in [9.17, 15) is 9.59 Å². The second-order valence-electron chi connectivity index (χ2n) is 9.95. The molecule has 1 heterocycles. The van der Waals surface area contributed by atoms with Crippen molar-refractivity contribution in [3.63, 3.8) is 0 Å². The summed E-state index contributed by atoms with van der Waals surface area (Å²) in [6, 6.07) is 0.420. The van der Waals surface area contributed by atoms with Crippen LogP contribution >= 0.6 is 0 Å². The lowest BCUT2D eigenvalue weighted by atomic mass is 9.80. The van der Waals surface area contributed by atoms with Gasteiger partial charge in [-0.25, -0.2) is 0 Å². The van der Waals surface area contributed by atoms with Crippen LogP contribution in [0.15, 0.2) is 0 Å². The fourth-order valence-electron chi connectivity index (χ4n) is 4.58. The summed E-state index contributed by atoms with van der Waals surface area (Å²) in [6.07, 6.45) is 7.99. The highest BCUT2D eigenvalue weighted by Gasteiger charge is 2.39. The Morgan fingerprint density at radius 2 is 1.60 bits per heavy atom. The summed E-state index contributed by atoms with van der Waals surface area (Å²) in [6.45, 7) is 11.8. The molecule has 0 aromatic heterocycles. The van der Waals surface area contributed by atoms with Crippen molar-refractivity contribution < 1.29 is 9.59 Å². The fourth-order valence-corrected chi connectivity index (χ4v) is 4.58. The van der Waals surface area contributed by atoms with Crippen molar-refractivity contribution in [1.82, 2.24) is 9.80 Å². The zero-order chi connectivity index (χ0) is 18.8. The maximum absolute atomic E-state index is 13.1. The van der Waals surface area contributed by atoms with Crippen molar-refractivity contribution in [1.29, 1.82) is 0 Å². The molecule has 1 aliphatic heterocycles. The second kappa shape index (κ2) is 7.67. The van der Waals surface area contributed by atoms with E-state index < -0.39 is 0 Å². The third-order valence-corrected chi connectivity index (χ3v) is 6.04. The predicted octanol–water partition coefficient (Wildman–Crippen LogP) is 4.09. The lowest BCUT2D eigenvalue weighted by molar-refractivity contribution is -0.142. The lowest BCUT2D eigenvalue weighted by Gasteiger charge is -2.37. The highest BCUT2D eigenvalue weighted by Crippen LogP contribution is 2.35. The van der Waals surface area contributed by atoms with Crippen LogP contribution in [0.4, 0.5) is 0 Å². The number of likely N-dealkylation sites (tertiary alicyclic amines) is 1. The molecule has 2 rings (SSSR count). The smallest absolute Gasteiger partial charge is 0.228 e. The lowest BCUT2D eigenvalue weighted by Crippen LogP contribution is -2.46. The van der Waals surface area contributed by atoms with Gasteiger partial charge in [0.2, 0.25) is 11.8 Å². The van der Waals surface area contributed by atoms with Crippen LogP contribution in [0, 0.1) is 16.7 Å². The van der Waals surface area contributed by atoms with Crippen LogP contribution in [0.2, 0.25) is 0 Å². The van der Waals surface area contributed by atoms with Gasteiger partial charge in [0.15, 0.2) is 0 Å². The van der Waals surface area contributed by atoms with Gasteiger partial charge in [0.1, 0.15) is 0 Å². The van der Waals surface area contributed by atoms with E-state index >= 15 is 0 Å². The zero-order valence-electron chi connectivity index (χ0n) is 17.2. The molecule has 0 bridgehead atoms. The SMILES string of the molecule is CN(C(=O)C(C)(C)CC1CCN(C(=O)C(C)(C)C)C1)C1CCCCC1. The Kier molecular flexibility index (Phi) is 6.22. The molecule has 0 radical (unpaired) electrons. The standard InChI is InChI=1S/C21H38N2O2/c1-20(2,3)18(24)23-13-12-16(15-23)14-21(4,5)19(25)22(6)17-10-8-7-9-11-17/h16-17H,7-15H2,1-6H3. The Hall–Kier alpha value is -1.06. The van der Waals surface area contributed by atoms with Crippen molar-refractivity contribution in [2.75, 3.05) is 20.1 Å². The van der Waals surface area contributed by atoms with Gasteiger partial charge in [0.05, 0.1) is 0 Å². The molecule has 1 aliphatic carbocycles. The zero-order valence-corrected chi connectivity index (χ0v) is 17.2. The molecule has 25 heavy (non-hydrogen) atoms. The summed E-state index contributed by atoms with van der Waals surface area (Å²) in [4.78, 5) is 29.6. The van der Waals surface area contributed by atoms with Gasteiger partial charge in [-0.3, -0.25) is 9.59 Å². The molecule has 144 valence electrons. The summed E-state index contributed by atoms with van der Waals surface area (Å²) in [7, 11) is 1.99. The van der Waals surface area contributed by atoms with Gasteiger partial charge in [0, 0.05) is 37.0 Å². The number of carbonyl (C=O) groups is 2. The Morgan fingerprint density at radius 1 is 1.00 bits per heavy atom. The third kappa shape index (κ3) is 4.98. The highest BCUT2D eigenvalue weighted by molar-refractivity contribution is 5.82. The molecule has 2 fully saturated rings. The van der Waals surface area contributed by atoms with Crippen LogP contribution in [0.25, 0.3) is 0 Å². The molecule has 1 unspecified atom stereocenters. The number of hydrogen-bond acceptors (Lipinski definition) is 2. The van der Waals surface area contributed by atoms with Gasteiger partial charge < -0.3 is 9.80 Å². The van der Waals surface area contributed by atoms with Crippen LogP contribution in [0.5, 0.6) is 0 Å². The van der Waals surface area contributed by atoms with Gasteiger partial charge in [-0.1, -0.05) is 53.9 Å².